The zero-order valence-corrected chi connectivity index (χ0v) is 9.07. The number of hydrogen-bond donors (Lipinski definition) is 1. The fourth-order valence-electron chi connectivity index (χ4n) is 0.791. The van der Waals surface area contributed by atoms with Crippen LogP contribution in [0.25, 0.3) is 0 Å². The Kier molecular flexibility index (Phi) is 3.21. The molecule has 5 nitrogen and oxygen atoms in total. The van der Waals surface area contributed by atoms with E-state index in [-0.39, 0.29) is 5.75 Å². The van der Waals surface area contributed by atoms with E-state index in [2.05, 4.69) is 14.1 Å². The van der Waals surface area contributed by atoms with E-state index >= 15 is 0 Å². The summed E-state index contributed by atoms with van der Waals surface area (Å²) in [6, 6.07) is 0. The molecule has 0 amide bonds. The molecule has 0 aliphatic heterocycles. The molecule has 0 bridgehead atoms. The van der Waals surface area contributed by atoms with Gasteiger partial charge in [-0.25, -0.2) is 13.4 Å². The van der Waals surface area contributed by atoms with Gasteiger partial charge in [-0.05, 0) is 13.3 Å². The summed E-state index contributed by atoms with van der Waals surface area (Å²) >= 11 is 1.05. The number of aryl methyl sites for hydroxylation is 1. The molecule has 0 saturated carbocycles. The van der Waals surface area contributed by atoms with Crippen molar-refractivity contribution in [3.63, 3.8) is 0 Å². The van der Waals surface area contributed by atoms with Gasteiger partial charge in [0.05, 0.1) is 5.75 Å². The summed E-state index contributed by atoms with van der Waals surface area (Å²) in [5.41, 5.74) is 0. The lowest BCUT2D eigenvalue weighted by molar-refractivity contribution is 0.600. The van der Waals surface area contributed by atoms with Crippen LogP contribution in [0, 0.1) is 6.92 Å². The second kappa shape index (κ2) is 4.01. The SMILES string of the molecule is CCCS(=O)(=O)Nc1nc(C)ns1. The predicted octanol–water partition coefficient (Wildman–Crippen LogP) is 0.998. The predicted molar refractivity (Wildman–Crippen MR) is 52.3 cm³/mol. The Balaban J connectivity index is 2.69. The average molecular weight is 221 g/mol. The summed E-state index contributed by atoms with van der Waals surface area (Å²) in [5, 5.41) is 0.339. The second-order valence-corrected chi connectivity index (χ2v) is 5.16. The van der Waals surface area contributed by atoms with Crippen molar-refractivity contribution in [1.29, 1.82) is 0 Å². The Labute approximate surface area is 81.4 Å². The largest absolute Gasteiger partial charge is 0.257 e. The van der Waals surface area contributed by atoms with Crippen LogP contribution in [0.1, 0.15) is 19.2 Å². The molecular weight excluding hydrogens is 210 g/mol. The van der Waals surface area contributed by atoms with Crippen molar-refractivity contribution in [3.05, 3.63) is 5.82 Å². The third-order valence-electron chi connectivity index (χ3n) is 1.24. The molecule has 0 aliphatic rings. The molecule has 0 fully saturated rings. The summed E-state index contributed by atoms with van der Waals surface area (Å²) in [6.07, 6.45) is 0.590. The molecule has 0 aliphatic carbocycles. The number of nitrogens with one attached hydrogen (secondary N) is 1. The normalized spacial score (nSPS) is 11.5. The molecule has 0 aromatic carbocycles. The molecule has 1 aromatic rings. The van der Waals surface area contributed by atoms with E-state index in [1.165, 1.54) is 0 Å². The van der Waals surface area contributed by atoms with Gasteiger partial charge in [0.15, 0.2) is 0 Å². The fraction of sp³-hybridized carbons (Fsp3) is 0.667. The number of anilines is 1. The Morgan fingerprint density at radius 3 is 2.69 bits per heavy atom. The molecule has 1 heterocycles. The number of hydrogen-bond acceptors (Lipinski definition) is 5. The van der Waals surface area contributed by atoms with Crippen molar-refractivity contribution in [2.75, 3.05) is 10.5 Å². The average Bonchev–Trinajstić information content (AvgIpc) is 2.34. The number of sulfonamides is 1. The van der Waals surface area contributed by atoms with Gasteiger partial charge in [0.2, 0.25) is 15.2 Å². The van der Waals surface area contributed by atoms with Crippen LogP contribution >= 0.6 is 11.5 Å². The van der Waals surface area contributed by atoms with Gasteiger partial charge in [-0.1, -0.05) is 6.92 Å². The third kappa shape index (κ3) is 3.27. The highest BCUT2D eigenvalue weighted by atomic mass is 32.2. The minimum absolute atomic E-state index is 0.117. The first-order valence-electron chi connectivity index (χ1n) is 3.84. The van der Waals surface area contributed by atoms with Gasteiger partial charge in [-0.2, -0.15) is 4.37 Å². The van der Waals surface area contributed by atoms with Crippen LogP contribution in [0.3, 0.4) is 0 Å². The van der Waals surface area contributed by atoms with E-state index in [1.54, 1.807) is 6.92 Å². The van der Waals surface area contributed by atoms with E-state index < -0.39 is 10.0 Å². The molecule has 1 aromatic heterocycles. The standard InChI is InChI=1S/C6H11N3O2S2/c1-3-4-13(10,11)9-6-7-5(2)8-12-6/h3-4H2,1-2H3,(H,7,8,9). The lowest BCUT2D eigenvalue weighted by Gasteiger charge is -2.01. The first-order valence-corrected chi connectivity index (χ1v) is 6.27. The van der Waals surface area contributed by atoms with Crippen LogP contribution in [0.15, 0.2) is 0 Å². The van der Waals surface area contributed by atoms with E-state index in [4.69, 9.17) is 0 Å². The smallest absolute Gasteiger partial charge is 0.234 e. The summed E-state index contributed by atoms with van der Waals surface area (Å²) in [6.45, 7) is 3.53. The van der Waals surface area contributed by atoms with Gasteiger partial charge in [0.1, 0.15) is 5.82 Å². The molecule has 1 N–H and O–H groups in total. The van der Waals surface area contributed by atoms with Crippen molar-refractivity contribution < 1.29 is 8.42 Å². The Hall–Kier alpha value is -0.690. The van der Waals surface area contributed by atoms with Crippen LogP contribution in [-0.4, -0.2) is 23.5 Å². The lowest BCUT2D eigenvalue weighted by Crippen LogP contribution is -2.15. The number of nitrogens with zero attached hydrogens (tertiary/aromatic N) is 2. The maximum absolute atomic E-state index is 11.2. The molecule has 74 valence electrons. The molecule has 0 radical (unpaired) electrons. The van der Waals surface area contributed by atoms with Crippen LogP contribution in [0.2, 0.25) is 0 Å². The zero-order valence-electron chi connectivity index (χ0n) is 7.44. The monoisotopic (exact) mass is 221 g/mol. The summed E-state index contributed by atoms with van der Waals surface area (Å²) in [5.74, 6) is 0.699. The van der Waals surface area contributed by atoms with Crippen LogP contribution < -0.4 is 4.72 Å². The Morgan fingerprint density at radius 2 is 2.23 bits per heavy atom. The first kappa shape index (κ1) is 10.4. The van der Waals surface area contributed by atoms with E-state index in [9.17, 15) is 8.42 Å². The van der Waals surface area contributed by atoms with E-state index in [0.717, 1.165) is 11.5 Å². The molecule has 13 heavy (non-hydrogen) atoms. The summed E-state index contributed by atoms with van der Waals surface area (Å²) in [7, 11) is -3.21. The van der Waals surface area contributed by atoms with Crippen molar-refractivity contribution in [2.45, 2.75) is 20.3 Å². The van der Waals surface area contributed by atoms with Crippen LogP contribution in [0.4, 0.5) is 5.13 Å². The van der Waals surface area contributed by atoms with Gasteiger partial charge < -0.3 is 0 Å². The van der Waals surface area contributed by atoms with E-state index in [1.807, 2.05) is 6.92 Å². The van der Waals surface area contributed by atoms with Gasteiger partial charge in [-0.3, -0.25) is 4.72 Å². The van der Waals surface area contributed by atoms with Crippen molar-refractivity contribution >= 4 is 26.7 Å². The van der Waals surface area contributed by atoms with Crippen LogP contribution in [-0.2, 0) is 10.0 Å². The molecule has 0 spiro atoms. The number of rotatable bonds is 4. The minimum atomic E-state index is -3.21. The highest BCUT2D eigenvalue weighted by Crippen LogP contribution is 2.12. The number of aromatic nitrogens is 2. The molecule has 0 saturated heterocycles. The third-order valence-corrected chi connectivity index (χ3v) is 3.54. The Morgan fingerprint density at radius 1 is 1.54 bits per heavy atom. The van der Waals surface area contributed by atoms with Gasteiger partial charge in [0.25, 0.3) is 0 Å². The summed E-state index contributed by atoms with van der Waals surface area (Å²) in [4.78, 5) is 3.90. The van der Waals surface area contributed by atoms with Crippen molar-refractivity contribution in [1.82, 2.24) is 9.36 Å². The zero-order chi connectivity index (χ0) is 9.90. The quantitative estimate of drug-likeness (QED) is 0.823. The van der Waals surface area contributed by atoms with Crippen molar-refractivity contribution in [3.8, 4) is 0 Å². The Bertz CT molecular complexity index is 371. The van der Waals surface area contributed by atoms with Gasteiger partial charge in [0, 0.05) is 11.5 Å². The maximum atomic E-state index is 11.2. The highest BCUT2D eigenvalue weighted by molar-refractivity contribution is 7.92. The minimum Gasteiger partial charge on any atom is -0.257 e. The van der Waals surface area contributed by atoms with Gasteiger partial charge >= 0.3 is 0 Å². The topological polar surface area (TPSA) is 72.0 Å². The van der Waals surface area contributed by atoms with Crippen molar-refractivity contribution in [2.24, 2.45) is 0 Å². The highest BCUT2D eigenvalue weighted by Gasteiger charge is 2.10. The molecule has 0 unspecified atom stereocenters. The summed E-state index contributed by atoms with van der Waals surface area (Å²) < 4.78 is 28.7. The van der Waals surface area contributed by atoms with Gasteiger partial charge in [-0.15, -0.1) is 0 Å². The molecule has 1 rings (SSSR count). The molecule has 0 atom stereocenters. The molecular formula is C6H11N3O2S2. The first-order chi connectivity index (χ1) is 6.03. The maximum Gasteiger partial charge on any atom is 0.234 e. The second-order valence-electron chi connectivity index (χ2n) is 2.57. The molecule has 7 heteroatoms. The van der Waals surface area contributed by atoms with Crippen LogP contribution in [0.5, 0.6) is 0 Å². The van der Waals surface area contributed by atoms with E-state index in [0.29, 0.717) is 17.4 Å². The fourth-order valence-corrected chi connectivity index (χ4v) is 2.70. The lowest BCUT2D eigenvalue weighted by atomic mass is 10.6.